The molecular formula is C14H16INS. The van der Waals surface area contributed by atoms with Gasteiger partial charge in [0.05, 0.1) is 0 Å². The predicted molar refractivity (Wildman–Crippen MR) is 83.7 cm³/mol. The molecule has 1 unspecified atom stereocenters. The lowest BCUT2D eigenvalue weighted by atomic mass is 10.0. The Morgan fingerprint density at radius 2 is 2.12 bits per heavy atom. The second kappa shape index (κ2) is 5.98. The molecule has 1 heterocycles. The number of rotatable bonds is 4. The molecule has 0 aliphatic rings. The fraction of sp³-hybridized carbons (Fsp3) is 0.286. The number of likely N-dealkylation sites (N-methyl/N-ethyl adjacent to an activating group) is 1. The molecule has 1 atom stereocenters. The molecule has 17 heavy (non-hydrogen) atoms. The Morgan fingerprint density at radius 1 is 1.29 bits per heavy atom. The Kier molecular flexibility index (Phi) is 4.59. The molecule has 2 aromatic rings. The summed E-state index contributed by atoms with van der Waals surface area (Å²) in [6.07, 6.45) is 1.06. The van der Waals surface area contributed by atoms with E-state index in [-0.39, 0.29) is 0 Å². The summed E-state index contributed by atoms with van der Waals surface area (Å²) in [5.41, 5.74) is 2.76. The lowest BCUT2D eigenvalue weighted by Crippen LogP contribution is -2.19. The Hall–Kier alpha value is -0.390. The summed E-state index contributed by atoms with van der Waals surface area (Å²) in [7, 11) is 2.04. The van der Waals surface area contributed by atoms with E-state index in [1.807, 2.05) is 18.4 Å². The molecule has 0 saturated heterocycles. The number of aryl methyl sites for hydroxylation is 1. The van der Waals surface area contributed by atoms with Crippen LogP contribution >= 0.6 is 33.9 Å². The fourth-order valence-corrected chi connectivity index (χ4v) is 3.42. The van der Waals surface area contributed by atoms with Crippen LogP contribution in [0.15, 0.2) is 35.7 Å². The largest absolute Gasteiger partial charge is 0.313 e. The first-order valence-electron chi connectivity index (χ1n) is 5.67. The van der Waals surface area contributed by atoms with E-state index in [1.54, 1.807) is 0 Å². The van der Waals surface area contributed by atoms with Crippen LogP contribution in [0, 0.1) is 10.5 Å². The van der Waals surface area contributed by atoms with Gasteiger partial charge in [-0.1, -0.05) is 24.3 Å². The van der Waals surface area contributed by atoms with E-state index in [9.17, 15) is 0 Å². The highest BCUT2D eigenvalue weighted by Gasteiger charge is 2.14. The molecule has 1 nitrogen and oxygen atoms in total. The molecule has 0 aliphatic heterocycles. The number of hydrogen-bond acceptors (Lipinski definition) is 2. The summed E-state index contributed by atoms with van der Waals surface area (Å²) in [6, 6.07) is 11.3. The first-order valence-corrected chi connectivity index (χ1v) is 7.63. The molecule has 2 rings (SSSR count). The van der Waals surface area contributed by atoms with E-state index < -0.39 is 0 Å². The SMILES string of the molecule is CNC(Cc1cccs1)c1cccc(C)c1I. The van der Waals surface area contributed by atoms with Gasteiger partial charge in [-0.05, 0) is 59.1 Å². The molecule has 0 aliphatic carbocycles. The summed E-state index contributed by atoms with van der Waals surface area (Å²) in [5, 5.41) is 5.57. The normalized spacial score (nSPS) is 12.6. The summed E-state index contributed by atoms with van der Waals surface area (Å²) >= 11 is 4.28. The van der Waals surface area contributed by atoms with Gasteiger partial charge < -0.3 is 5.32 Å². The number of halogens is 1. The highest BCUT2D eigenvalue weighted by molar-refractivity contribution is 14.1. The van der Waals surface area contributed by atoms with Crippen molar-refractivity contribution in [3.8, 4) is 0 Å². The molecule has 0 saturated carbocycles. The average molecular weight is 357 g/mol. The minimum atomic E-state index is 0.403. The lowest BCUT2D eigenvalue weighted by Gasteiger charge is -2.18. The molecule has 1 aromatic carbocycles. The van der Waals surface area contributed by atoms with Crippen LogP contribution in [0.5, 0.6) is 0 Å². The van der Waals surface area contributed by atoms with Crippen LogP contribution < -0.4 is 5.32 Å². The quantitative estimate of drug-likeness (QED) is 0.810. The van der Waals surface area contributed by atoms with Gasteiger partial charge in [0, 0.05) is 20.9 Å². The molecule has 0 bridgehead atoms. The van der Waals surface area contributed by atoms with Crippen molar-refractivity contribution in [2.75, 3.05) is 7.05 Å². The number of benzene rings is 1. The first kappa shape index (κ1) is 13.1. The summed E-state index contributed by atoms with van der Waals surface area (Å²) in [5.74, 6) is 0. The van der Waals surface area contributed by atoms with Crippen LogP contribution in [0.2, 0.25) is 0 Å². The third-order valence-electron chi connectivity index (χ3n) is 2.93. The van der Waals surface area contributed by atoms with Crippen LogP contribution in [-0.2, 0) is 6.42 Å². The van der Waals surface area contributed by atoms with Crippen molar-refractivity contribution >= 4 is 33.9 Å². The molecule has 3 heteroatoms. The van der Waals surface area contributed by atoms with Crippen molar-refractivity contribution in [2.45, 2.75) is 19.4 Å². The molecule has 0 amide bonds. The number of hydrogen-bond donors (Lipinski definition) is 1. The third kappa shape index (κ3) is 3.09. The molecular weight excluding hydrogens is 341 g/mol. The van der Waals surface area contributed by atoms with Crippen molar-refractivity contribution in [3.05, 3.63) is 55.3 Å². The Morgan fingerprint density at radius 3 is 2.76 bits per heavy atom. The zero-order valence-corrected chi connectivity index (χ0v) is 13.0. The van der Waals surface area contributed by atoms with Crippen LogP contribution in [0.4, 0.5) is 0 Å². The van der Waals surface area contributed by atoms with E-state index in [4.69, 9.17) is 0 Å². The Bertz CT molecular complexity index is 479. The second-order valence-electron chi connectivity index (χ2n) is 4.10. The third-order valence-corrected chi connectivity index (χ3v) is 5.30. The van der Waals surface area contributed by atoms with Crippen molar-refractivity contribution in [1.29, 1.82) is 0 Å². The van der Waals surface area contributed by atoms with Crippen molar-refractivity contribution in [2.24, 2.45) is 0 Å². The maximum Gasteiger partial charge on any atom is 0.0376 e. The maximum atomic E-state index is 3.43. The molecule has 1 N–H and O–H groups in total. The number of nitrogens with one attached hydrogen (secondary N) is 1. The second-order valence-corrected chi connectivity index (χ2v) is 6.21. The van der Waals surface area contributed by atoms with Gasteiger partial charge in [0.1, 0.15) is 0 Å². The van der Waals surface area contributed by atoms with E-state index >= 15 is 0 Å². The molecule has 1 aromatic heterocycles. The zero-order valence-electron chi connectivity index (χ0n) is 10.0. The zero-order chi connectivity index (χ0) is 12.3. The van der Waals surface area contributed by atoms with Gasteiger partial charge in [0.15, 0.2) is 0 Å². The molecule has 0 fully saturated rings. The lowest BCUT2D eigenvalue weighted by molar-refractivity contribution is 0.593. The minimum absolute atomic E-state index is 0.403. The Balaban J connectivity index is 2.26. The smallest absolute Gasteiger partial charge is 0.0376 e. The van der Waals surface area contributed by atoms with Gasteiger partial charge in [-0.2, -0.15) is 0 Å². The highest BCUT2D eigenvalue weighted by Crippen LogP contribution is 2.26. The van der Waals surface area contributed by atoms with E-state index in [0.29, 0.717) is 6.04 Å². The summed E-state index contributed by atoms with van der Waals surface area (Å²) in [4.78, 5) is 1.43. The van der Waals surface area contributed by atoms with Gasteiger partial charge in [0.2, 0.25) is 0 Å². The summed E-state index contributed by atoms with van der Waals surface area (Å²) in [6.45, 7) is 2.17. The first-order chi connectivity index (χ1) is 8.22. The fourth-order valence-electron chi connectivity index (χ4n) is 1.94. The van der Waals surface area contributed by atoms with Gasteiger partial charge in [-0.15, -0.1) is 11.3 Å². The van der Waals surface area contributed by atoms with Crippen LogP contribution in [0.25, 0.3) is 0 Å². The predicted octanol–water partition coefficient (Wildman–Crippen LogP) is 4.16. The molecule has 0 spiro atoms. The highest BCUT2D eigenvalue weighted by atomic mass is 127. The Labute approximate surface area is 120 Å². The summed E-state index contributed by atoms with van der Waals surface area (Å²) < 4.78 is 1.38. The van der Waals surface area contributed by atoms with Crippen LogP contribution in [-0.4, -0.2) is 7.05 Å². The van der Waals surface area contributed by atoms with E-state index in [0.717, 1.165) is 6.42 Å². The van der Waals surface area contributed by atoms with Crippen molar-refractivity contribution in [1.82, 2.24) is 5.32 Å². The molecule has 90 valence electrons. The van der Waals surface area contributed by atoms with Crippen molar-refractivity contribution in [3.63, 3.8) is 0 Å². The number of thiophene rings is 1. The van der Waals surface area contributed by atoms with E-state index in [2.05, 4.69) is 70.5 Å². The van der Waals surface area contributed by atoms with Gasteiger partial charge >= 0.3 is 0 Å². The molecule has 0 radical (unpaired) electrons. The van der Waals surface area contributed by atoms with Gasteiger partial charge in [-0.3, -0.25) is 0 Å². The van der Waals surface area contributed by atoms with Gasteiger partial charge in [-0.25, -0.2) is 0 Å². The minimum Gasteiger partial charge on any atom is -0.313 e. The van der Waals surface area contributed by atoms with Crippen molar-refractivity contribution < 1.29 is 0 Å². The standard InChI is InChI=1S/C14H16INS/c1-10-5-3-7-12(14(10)15)13(16-2)9-11-6-4-8-17-11/h3-8,13,16H,9H2,1-2H3. The van der Waals surface area contributed by atoms with Gasteiger partial charge in [0.25, 0.3) is 0 Å². The topological polar surface area (TPSA) is 12.0 Å². The van der Waals surface area contributed by atoms with E-state index in [1.165, 1.54) is 19.6 Å². The maximum absolute atomic E-state index is 3.43. The average Bonchev–Trinajstić information content (AvgIpc) is 2.83. The van der Waals surface area contributed by atoms with Crippen LogP contribution in [0.3, 0.4) is 0 Å². The van der Waals surface area contributed by atoms with Crippen LogP contribution in [0.1, 0.15) is 22.0 Å². The monoisotopic (exact) mass is 357 g/mol.